The highest BCUT2D eigenvalue weighted by Gasteiger charge is 2.32. The third-order valence-electron chi connectivity index (χ3n) is 6.30. The van der Waals surface area contributed by atoms with Crippen molar-refractivity contribution in [1.29, 1.82) is 0 Å². The number of aromatic nitrogens is 2. The summed E-state index contributed by atoms with van der Waals surface area (Å²) in [6, 6.07) is 1.76. The Morgan fingerprint density at radius 2 is 1.76 bits per heavy atom. The van der Waals surface area contributed by atoms with Gasteiger partial charge < -0.3 is 20.2 Å². The molecule has 1 aliphatic heterocycles. The van der Waals surface area contributed by atoms with E-state index in [0.29, 0.717) is 35.8 Å². The van der Waals surface area contributed by atoms with E-state index in [9.17, 15) is 13.5 Å². The molecule has 1 atom stereocenters. The smallest absolute Gasteiger partial charge is 0.256 e. The fourth-order valence-electron chi connectivity index (χ4n) is 4.07. The average molecular weight is 562 g/mol. The molecule has 4 heterocycles. The van der Waals surface area contributed by atoms with Crippen LogP contribution in [-0.2, 0) is 10.0 Å². The van der Waals surface area contributed by atoms with E-state index < -0.39 is 10.0 Å². The van der Waals surface area contributed by atoms with Gasteiger partial charge in [-0.1, -0.05) is 48.5 Å². The molecule has 0 aliphatic carbocycles. The average Bonchev–Trinajstić information content (AvgIpc) is 3.58. The molecule has 1 aliphatic rings. The molecule has 3 N–H and O–H groups in total. The van der Waals surface area contributed by atoms with Gasteiger partial charge in [0.25, 0.3) is 10.0 Å². The van der Waals surface area contributed by atoms with Crippen molar-refractivity contribution in [1.82, 2.24) is 14.3 Å². The van der Waals surface area contributed by atoms with Gasteiger partial charge in [-0.15, -0.1) is 11.3 Å². The first-order valence-corrected chi connectivity index (χ1v) is 14.9. The van der Waals surface area contributed by atoms with Crippen LogP contribution in [0.15, 0.2) is 36.3 Å². The summed E-state index contributed by atoms with van der Waals surface area (Å²) >= 11 is 0.945. The molecule has 0 unspecified atom stereocenters. The zero-order valence-electron chi connectivity index (χ0n) is 22.7. The SMILES string of the molecule is CCN(CC)S(=O)(=O)c1scc(Nc2nc3c(nc2N[C@@H](c2cc(C(C)C)co2)C(C)(C)C)=NCN=3)c1O. The molecule has 0 bridgehead atoms. The van der Waals surface area contributed by atoms with Crippen LogP contribution in [0.4, 0.5) is 17.3 Å². The molecular formula is C25H35N7O4S2. The highest BCUT2D eigenvalue weighted by atomic mass is 32.2. The number of rotatable bonds is 10. The Kier molecular flexibility index (Phi) is 7.82. The molecule has 4 rings (SSSR count). The second kappa shape index (κ2) is 10.6. The number of sulfonamides is 1. The second-order valence-corrected chi connectivity index (χ2v) is 13.4. The van der Waals surface area contributed by atoms with Gasteiger partial charge in [0, 0.05) is 18.5 Å². The largest absolute Gasteiger partial charge is 0.504 e. The first kappa shape index (κ1) is 28.0. The number of fused-ring (bicyclic) bond motifs is 1. The highest BCUT2D eigenvalue weighted by Crippen LogP contribution is 2.42. The van der Waals surface area contributed by atoms with Crippen molar-refractivity contribution in [2.75, 3.05) is 30.4 Å². The molecule has 0 saturated carbocycles. The first-order valence-electron chi connectivity index (χ1n) is 12.6. The zero-order valence-corrected chi connectivity index (χ0v) is 24.4. The summed E-state index contributed by atoms with van der Waals surface area (Å²) in [6.07, 6.45) is 1.77. The van der Waals surface area contributed by atoms with Gasteiger partial charge in [0.05, 0.1) is 18.0 Å². The standard InChI is InChI=1S/C25H35N7O4S2/c1-8-32(9-2)38(34,35)24-18(33)16(12-37-24)28-22-23(31-21-20(30-22)26-13-27-21)29-19(25(5,6)7)17-10-15(11-36-17)14(3)4/h10-12,14,19,33H,8-9,13H2,1-7H3,(H,26,28,30)(H,27,29,31)/t19-/m0/s1. The summed E-state index contributed by atoms with van der Waals surface area (Å²) in [5.41, 5.74) is 1.80. The Labute approximate surface area is 226 Å². The Bertz CT molecular complexity index is 1530. The molecule has 0 spiro atoms. The lowest BCUT2D eigenvalue weighted by Gasteiger charge is -2.30. The molecule has 11 nitrogen and oxygen atoms in total. The summed E-state index contributed by atoms with van der Waals surface area (Å²) in [4.78, 5) is 17.8. The minimum absolute atomic E-state index is 0.128. The molecule has 3 aromatic rings. The molecule has 3 aromatic heterocycles. The molecule has 0 saturated heterocycles. The predicted octanol–water partition coefficient (Wildman–Crippen LogP) is 4.14. The zero-order chi connectivity index (χ0) is 27.8. The molecule has 0 fully saturated rings. The van der Waals surface area contributed by atoms with E-state index in [2.05, 4.69) is 65.2 Å². The monoisotopic (exact) mass is 561 g/mol. The topological polar surface area (TPSA) is 145 Å². The van der Waals surface area contributed by atoms with Crippen molar-refractivity contribution in [3.8, 4) is 5.75 Å². The van der Waals surface area contributed by atoms with Gasteiger partial charge in [-0.25, -0.2) is 28.4 Å². The fraction of sp³-hybridized carbons (Fsp3) is 0.520. The number of furan rings is 1. The van der Waals surface area contributed by atoms with E-state index in [1.807, 2.05) is 6.07 Å². The predicted molar refractivity (Wildman–Crippen MR) is 147 cm³/mol. The fourth-order valence-corrected chi connectivity index (χ4v) is 6.91. The summed E-state index contributed by atoms with van der Waals surface area (Å²) < 4.78 is 33.2. The van der Waals surface area contributed by atoms with Crippen LogP contribution in [0.1, 0.15) is 71.7 Å². The lowest BCUT2D eigenvalue weighted by molar-refractivity contribution is 0.303. The Morgan fingerprint density at radius 3 is 2.32 bits per heavy atom. The number of hydrogen-bond acceptors (Lipinski definition) is 11. The summed E-state index contributed by atoms with van der Waals surface area (Å²) in [7, 11) is -3.84. The molecule has 13 heteroatoms. The van der Waals surface area contributed by atoms with Crippen molar-refractivity contribution in [2.45, 2.75) is 64.6 Å². The van der Waals surface area contributed by atoms with E-state index >= 15 is 0 Å². The number of hydrogen-bond donors (Lipinski definition) is 3. The van der Waals surface area contributed by atoms with Crippen molar-refractivity contribution in [3.05, 3.63) is 40.0 Å². The molecule has 0 amide bonds. The molecule has 206 valence electrons. The summed E-state index contributed by atoms with van der Waals surface area (Å²) in [6.45, 7) is 14.8. The third-order valence-corrected chi connectivity index (χ3v) is 9.84. The van der Waals surface area contributed by atoms with Gasteiger partial charge in [-0.3, -0.25) is 0 Å². The minimum Gasteiger partial charge on any atom is -0.504 e. The van der Waals surface area contributed by atoms with Crippen molar-refractivity contribution in [3.63, 3.8) is 0 Å². The highest BCUT2D eigenvalue weighted by molar-refractivity contribution is 7.91. The lowest BCUT2D eigenvalue weighted by Crippen LogP contribution is -2.33. The minimum atomic E-state index is -3.84. The summed E-state index contributed by atoms with van der Waals surface area (Å²) in [5.74, 6) is 1.37. The van der Waals surface area contributed by atoms with Gasteiger partial charge in [0.2, 0.25) is 0 Å². The van der Waals surface area contributed by atoms with Gasteiger partial charge in [-0.05, 0) is 23.0 Å². The van der Waals surface area contributed by atoms with Crippen molar-refractivity contribution < 1.29 is 17.9 Å². The maximum Gasteiger partial charge on any atom is 0.256 e. The maximum atomic E-state index is 13.0. The van der Waals surface area contributed by atoms with Crippen LogP contribution in [0.2, 0.25) is 0 Å². The molecule has 38 heavy (non-hydrogen) atoms. The lowest BCUT2D eigenvalue weighted by atomic mass is 9.85. The Balaban J connectivity index is 1.75. The molecule has 0 aromatic carbocycles. The van der Waals surface area contributed by atoms with Crippen LogP contribution >= 0.6 is 11.3 Å². The third kappa shape index (κ3) is 5.40. The Morgan fingerprint density at radius 1 is 1.13 bits per heavy atom. The van der Waals surface area contributed by atoms with Crippen LogP contribution in [-0.4, -0.2) is 47.6 Å². The maximum absolute atomic E-state index is 13.0. The number of thiophene rings is 1. The van der Waals surface area contributed by atoms with Gasteiger partial charge in [0.15, 0.2) is 32.6 Å². The van der Waals surface area contributed by atoms with E-state index in [1.54, 1.807) is 25.5 Å². The van der Waals surface area contributed by atoms with Crippen molar-refractivity contribution in [2.24, 2.45) is 15.4 Å². The van der Waals surface area contributed by atoms with Gasteiger partial charge in [-0.2, -0.15) is 4.31 Å². The summed E-state index contributed by atoms with van der Waals surface area (Å²) in [5, 5.41) is 19.0. The number of anilines is 3. The van der Waals surface area contributed by atoms with Crippen molar-refractivity contribution >= 4 is 38.7 Å². The van der Waals surface area contributed by atoms with Crippen LogP contribution in [0.25, 0.3) is 0 Å². The first-order chi connectivity index (χ1) is 17.9. The number of nitrogens with one attached hydrogen (secondary N) is 2. The number of nitrogens with zero attached hydrogens (tertiary/aromatic N) is 5. The van der Waals surface area contributed by atoms with Crippen LogP contribution in [0, 0.1) is 5.41 Å². The van der Waals surface area contributed by atoms with Crippen LogP contribution < -0.4 is 21.6 Å². The van der Waals surface area contributed by atoms with Gasteiger partial charge in [0.1, 0.15) is 12.4 Å². The molecule has 0 radical (unpaired) electrons. The van der Waals surface area contributed by atoms with E-state index in [0.717, 1.165) is 22.7 Å². The second-order valence-electron chi connectivity index (χ2n) is 10.4. The van der Waals surface area contributed by atoms with Gasteiger partial charge >= 0.3 is 0 Å². The molecular weight excluding hydrogens is 526 g/mol. The van der Waals surface area contributed by atoms with Crippen LogP contribution in [0.5, 0.6) is 5.75 Å². The van der Waals surface area contributed by atoms with E-state index in [1.165, 1.54) is 4.31 Å². The number of aromatic hydroxyl groups is 1. The van der Waals surface area contributed by atoms with E-state index in [-0.39, 0.29) is 39.6 Å². The van der Waals surface area contributed by atoms with Crippen LogP contribution in [0.3, 0.4) is 0 Å². The Hall–Kier alpha value is -3.03. The van der Waals surface area contributed by atoms with E-state index in [4.69, 9.17) is 4.42 Å². The normalized spacial score (nSPS) is 14.3. The quantitative estimate of drug-likeness (QED) is 0.335.